The zero-order valence-corrected chi connectivity index (χ0v) is 15.9. The van der Waals surface area contributed by atoms with Gasteiger partial charge in [-0.3, -0.25) is 10.1 Å². The number of nitrogens with one attached hydrogen (secondary N) is 3. The van der Waals surface area contributed by atoms with Crippen LogP contribution in [0.2, 0.25) is 5.02 Å². The molecule has 11 heteroatoms. The summed E-state index contributed by atoms with van der Waals surface area (Å²) in [5.74, 6) is -1.75. The number of rotatable bonds is 8. The molecule has 1 aromatic carbocycles. The third-order valence-electron chi connectivity index (χ3n) is 3.13. The summed E-state index contributed by atoms with van der Waals surface area (Å²) in [4.78, 5) is 34.6. The van der Waals surface area contributed by atoms with Gasteiger partial charge in [0.2, 0.25) is 10.0 Å². The molecular weight excluding hydrogens is 386 g/mol. The van der Waals surface area contributed by atoms with Crippen LogP contribution in [-0.4, -0.2) is 46.5 Å². The smallest absolute Gasteiger partial charge is 0.338 e. The summed E-state index contributed by atoms with van der Waals surface area (Å²) in [6.45, 7) is 1.67. The number of hydrogen-bond donors (Lipinski definition) is 3. The number of carbonyl (C=O) groups is 3. The number of ether oxygens (including phenoxy) is 1. The molecule has 9 nitrogen and oxygen atoms in total. The van der Waals surface area contributed by atoms with Crippen LogP contribution in [0.25, 0.3) is 0 Å². The molecule has 0 radical (unpaired) electrons. The Kier molecular flexibility index (Phi) is 8.49. The highest BCUT2D eigenvalue weighted by atomic mass is 35.5. The van der Waals surface area contributed by atoms with Gasteiger partial charge >= 0.3 is 12.0 Å². The third-order valence-corrected chi connectivity index (χ3v) is 5.02. The predicted molar refractivity (Wildman–Crippen MR) is 94.4 cm³/mol. The van der Waals surface area contributed by atoms with Gasteiger partial charge in [0.1, 0.15) is 4.90 Å². The number of hydrogen-bond acceptors (Lipinski definition) is 6. The van der Waals surface area contributed by atoms with E-state index in [9.17, 15) is 22.8 Å². The van der Waals surface area contributed by atoms with Crippen LogP contribution in [0.1, 0.15) is 30.1 Å². The van der Waals surface area contributed by atoms with E-state index in [1.165, 1.54) is 19.2 Å². The van der Waals surface area contributed by atoms with Crippen LogP contribution in [0.4, 0.5) is 4.79 Å². The molecule has 0 saturated heterocycles. The highest BCUT2D eigenvalue weighted by molar-refractivity contribution is 7.89. The second-order valence-electron chi connectivity index (χ2n) is 5.09. The fraction of sp³-hybridized carbons (Fsp3) is 0.400. The van der Waals surface area contributed by atoms with Crippen molar-refractivity contribution in [2.24, 2.45) is 0 Å². The van der Waals surface area contributed by atoms with E-state index >= 15 is 0 Å². The SMILES string of the molecule is CCCCNC(=O)NC(=O)COC(=O)c1ccc(Cl)c(S(=O)(=O)NC)c1. The maximum atomic E-state index is 12.0. The summed E-state index contributed by atoms with van der Waals surface area (Å²) >= 11 is 5.82. The molecule has 1 rings (SSSR count). The van der Waals surface area contributed by atoms with Gasteiger partial charge < -0.3 is 10.1 Å². The maximum Gasteiger partial charge on any atom is 0.338 e. The summed E-state index contributed by atoms with van der Waals surface area (Å²) in [7, 11) is -2.66. The first-order chi connectivity index (χ1) is 12.2. The van der Waals surface area contributed by atoms with Crippen molar-refractivity contribution >= 4 is 39.5 Å². The average molecular weight is 406 g/mol. The molecule has 1 aromatic rings. The Morgan fingerprint density at radius 1 is 1.23 bits per heavy atom. The van der Waals surface area contributed by atoms with Gasteiger partial charge in [-0.05, 0) is 31.7 Å². The van der Waals surface area contributed by atoms with E-state index in [-0.39, 0.29) is 15.5 Å². The van der Waals surface area contributed by atoms with E-state index in [1.807, 2.05) is 12.2 Å². The predicted octanol–water partition coefficient (Wildman–Crippen LogP) is 1.03. The molecule has 144 valence electrons. The van der Waals surface area contributed by atoms with Crippen molar-refractivity contribution in [3.05, 3.63) is 28.8 Å². The van der Waals surface area contributed by atoms with Crippen molar-refractivity contribution in [2.75, 3.05) is 20.2 Å². The van der Waals surface area contributed by atoms with Gasteiger partial charge in [0.25, 0.3) is 5.91 Å². The minimum atomic E-state index is -3.87. The lowest BCUT2D eigenvalue weighted by Crippen LogP contribution is -2.41. The van der Waals surface area contributed by atoms with Crippen LogP contribution in [0.5, 0.6) is 0 Å². The van der Waals surface area contributed by atoms with Crippen molar-refractivity contribution in [1.82, 2.24) is 15.4 Å². The molecule has 0 saturated carbocycles. The van der Waals surface area contributed by atoms with Crippen LogP contribution in [0, 0.1) is 0 Å². The fourth-order valence-electron chi connectivity index (χ4n) is 1.75. The fourth-order valence-corrected chi connectivity index (χ4v) is 3.00. The lowest BCUT2D eigenvalue weighted by Gasteiger charge is -2.09. The minimum Gasteiger partial charge on any atom is -0.452 e. The van der Waals surface area contributed by atoms with Crippen LogP contribution in [0.15, 0.2) is 23.1 Å². The molecule has 3 N–H and O–H groups in total. The average Bonchev–Trinajstić information content (AvgIpc) is 2.60. The number of unbranched alkanes of at least 4 members (excludes halogenated alkanes) is 1. The Morgan fingerprint density at radius 2 is 1.92 bits per heavy atom. The molecule has 0 bridgehead atoms. The van der Waals surface area contributed by atoms with Crippen molar-refractivity contribution in [2.45, 2.75) is 24.7 Å². The molecule has 0 unspecified atom stereocenters. The Morgan fingerprint density at radius 3 is 2.54 bits per heavy atom. The number of urea groups is 1. The molecule has 0 aliphatic rings. The monoisotopic (exact) mass is 405 g/mol. The Hall–Kier alpha value is -2.17. The molecule has 0 aliphatic heterocycles. The lowest BCUT2D eigenvalue weighted by atomic mass is 10.2. The lowest BCUT2D eigenvalue weighted by molar-refractivity contribution is -0.123. The van der Waals surface area contributed by atoms with Gasteiger partial charge in [0, 0.05) is 6.54 Å². The van der Waals surface area contributed by atoms with E-state index in [0.717, 1.165) is 18.9 Å². The van der Waals surface area contributed by atoms with Gasteiger partial charge in [0.15, 0.2) is 6.61 Å². The summed E-state index contributed by atoms with van der Waals surface area (Å²) in [5.41, 5.74) is -0.108. The largest absolute Gasteiger partial charge is 0.452 e. The van der Waals surface area contributed by atoms with Crippen LogP contribution in [-0.2, 0) is 19.6 Å². The quantitative estimate of drug-likeness (QED) is 0.437. The molecule has 3 amide bonds. The molecule has 0 spiro atoms. The first-order valence-electron chi connectivity index (χ1n) is 7.69. The van der Waals surface area contributed by atoms with E-state index in [4.69, 9.17) is 16.3 Å². The van der Waals surface area contributed by atoms with Crippen molar-refractivity contribution < 1.29 is 27.5 Å². The number of carbonyl (C=O) groups excluding carboxylic acids is 3. The summed E-state index contributed by atoms with van der Waals surface area (Å²) in [6.07, 6.45) is 1.66. The van der Waals surface area contributed by atoms with Crippen LogP contribution in [0.3, 0.4) is 0 Å². The molecule has 26 heavy (non-hydrogen) atoms. The van der Waals surface area contributed by atoms with E-state index in [0.29, 0.717) is 6.54 Å². The number of amides is 3. The highest BCUT2D eigenvalue weighted by Crippen LogP contribution is 2.22. The van der Waals surface area contributed by atoms with E-state index in [2.05, 4.69) is 10.0 Å². The minimum absolute atomic E-state index is 0.0719. The Balaban J connectivity index is 2.65. The summed E-state index contributed by atoms with van der Waals surface area (Å²) in [5, 5.41) is 4.41. The van der Waals surface area contributed by atoms with Crippen LogP contribution < -0.4 is 15.4 Å². The molecule has 0 fully saturated rings. The highest BCUT2D eigenvalue weighted by Gasteiger charge is 2.19. The van der Waals surface area contributed by atoms with Crippen molar-refractivity contribution in [1.29, 1.82) is 0 Å². The second kappa shape index (κ2) is 10.1. The van der Waals surface area contributed by atoms with Crippen LogP contribution >= 0.6 is 11.6 Å². The van der Waals surface area contributed by atoms with E-state index in [1.54, 1.807) is 0 Å². The molecule has 0 aromatic heterocycles. The first kappa shape index (κ1) is 21.9. The summed E-state index contributed by atoms with van der Waals surface area (Å²) in [6, 6.07) is 2.83. The normalized spacial score (nSPS) is 10.9. The number of esters is 1. The van der Waals surface area contributed by atoms with Crippen molar-refractivity contribution in [3.63, 3.8) is 0 Å². The number of sulfonamides is 1. The molecule has 0 atom stereocenters. The number of imide groups is 1. The van der Waals surface area contributed by atoms with Gasteiger partial charge in [-0.15, -0.1) is 0 Å². The van der Waals surface area contributed by atoms with Gasteiger partial charge in [0.05, 0.1) is 10.6 Å². The standard InChI is InChI=1S/C15H20ClN3O6S/c1-3-4-7-18-15(22)19-13(20)9-25-14(21)10-5-6-11(16)12(8-10)26(23,24)17-2/h5-6,8,17H,3-4,7,9H2,1-2H3,(H2,18,19,20,22). The third kappa shape index (κ3) is 6.62. The number of benzene rings is 1. The zero-order valence-electron chi connectivity index (χ0n) is 14.3. The Bertz CT molecular complexity index is 782. The van der Waals surface area contributed by atoms with E-state index < -0.39 is 34.5 Å². The maximum absolute atomic E-state index is 12.0. The molecular formula is C15H20ClN3O6S. The first-order valence-corrected chi connectivity index (χ1v) is 9.55. The topological polar surface area (TPSA) is 131 Å². The van der Waals surface area contributed by atoms with Gasteiger partial charge in [-0.1, -0.05) is 24.9 Å². The summed E-state index contributed by atoms with van der Waals surface area (Å²) < 4.78 is 30.5. The molecule has 0 aliphatic carbocycles. The van der Waals surface area contributed by atoms with Gasteiger partial charge in [-0.2, -0.15) is 0 Å². The second-order valence-corrected chi connectivity index (χ2v) is 7.35. The van der Waals surface area contributed by atoms with Crippen molar-refractivity contribution in [3.8, 4) is 0 Å². The van der Waals surface area contributed by atoms with Gasteiger partial charge in [-0.25, -0.2) is 22.7 Å². The zero-order chi connectivity index (χ0) is 19.7. The molecule has 0 heterocycles. The Labute approximate surface area is 156 Å². The number of halogens is 1.